The van der Waals surface area contributed by atoms with Crippen molar-refractivity contribution >= 4 is 9.84 Å². The van der Waals surface area contributed by atoms with Gasteiger partial charge >= 0.3 is 0 Å². The number of sulfone groups is 1. The molecule has 4 nitrogen and oxygen atoms in total. The van der Waals surface area contributed by atoms with Gasteiger partial charge in [0.25, 0.3) is 0 Å². The Morgan fingerprint density at radius 3 is 2.56 bits per heavy atom. The summed E-state index contributed by atoms with van der Waals surface area (Å²) in [6.07, 6.45) is 2.49. The highest BCUT2D eigenvalue weighted by atomic mass is 32.2. The van der Waals surface area contributed by atoms with E-state index >= 15 is 0 Å². The van der Waals surface area contributed by atoms with Gasteiger partial charge in [-0.25, -0.2) is 8.42 Å². The number of likely N-dealkylation sites (tertiary alicyclic amines) is 1. The summed E-state index contributed by atoms with van der Waals surface area (Å²) in [5.41, 5.74) is 0. The quantitative estimate of drug-likeness (QED) is 0.742. The summed E-state index contributed by atoms with van der Waals surface area (Å²) >= 11 is 0. The minimum atomic E-state index is -2.99. The molecule has 0 aromatic heterocycles. The van der Waals surface area contributed by atoms with Crippen molar-refractivity contribution in [3.8, 4) is 0 Å². The van der Waals surface area contributed by atoms with Gasteiger partial charge in [-0.2, -0.15) is 0 Å². The molecule has 0 aromatic rings. The van der Waals surface area contributed by atoms with Crippen molar-refractivity contribution in [2.24, 2.45) is 0 Å². The van der Waals surface area contributed by atoms with Crippen molar-refractivity contribution < 1.29 is 8.42 Å². The second kappa shape index (κ2) is 6.35. The van der Waals surface area contributed by atoms with E-state index < -0.39 is 14.6 Å². The summed E-state index contributed by atoms with van der Waals surface area (Å²) in [6.45, 7) is 11.2. The Bertz CT molecular complexity index is 346. The van der Waals surface area contributed by atoms with Crippen LogP contribution in [0.2, 0.25) is 0 Å². The van der Waals surface area contributed by atoms with Crippen LogP contribution in [0.25, 0.3) is 0 Å². The first-order chi connectivity index (χ1) is 8.28. The molecule has 1 fully saturated rings. The molecule has 0 bridgehead atoms. The number of hydrogen-bond donors (Lipinski definition) is 1. The Morgan fingerprint density at radius 1 is 1.33 bits per heavy atom. The van der Waals surface area contributed by atoms with E-state index in [0.717, 1.165) is 13.1 Å². The van der Waals surface area contributed by atoms with Gasteiger partial charge in [-0.05, 0) is 46.7 Å². The van der Waals surface area contributed by atoms with Gasteiger partial charge in [-0.1, -0.05) is 6.92 Å². The van der Waals surface area contributed by atoms with Crippen molar-refractivity contribution in [2.45, 2.75) is 51.3 Å². The fourth-order valence-corrected chi connectivity index (χ4v) is 3.35. The predicted octanol–water partition coefficient (Wildman–Crippen LogP) is 1.27. The summed E-state index contributed by atoms with van der Waals surface area (Å²) in [7, 11) is -2.99. The zero-order valence-electron chi connectivity index (χ0n) is 12.2. The molecule has 0 amide bonds. The molecule has 0 aromatic carbocycles. The minimum Gasteiger partial charge on any atom is -0.314 e. The Labute approximate surface area is 112 Å². The van der Waals surface area contributed by atoms with Crippen molar-refractivity contribution in [2.75, 3.05) is 31.9 Å². The smallest absolute Gasteiger partial charge is 0.156 e. The fraction of sp³-hybridized carbons (Fsp3) is 1.00. The Hall–Kier alpha value is -0.130. The number of rotatable bonds is 6. The lowest BCUT2D eigenvalue weighted by molar-refractivity contribution is 0.261. The fourth-order valence-electron chi connectivity index (χ4n) is 2.32. The molecule has 1 aliphatic heterocycles. The third kappa shape index (κ3) is 4.21. The van der Waals surface area contributed by atoms with Crippen molar-refractivity contribution in [1.82, 2.24) is 10.2 Å². The van der Waals surface area contributed by atoms with Crippen LogP contribution in [0.15, 0.2) is 0 Å². The molecule has 0 spiro atoms. The summed E-state index contributed by atoms with van der Waals surface area (Å²) in [6, 6.07) is 0.590. The largest absolute Gasteiger partial charge is 0.314 e. The molecule has 0 saturated carbocycles. The summed E-state index contributed by atoms with van der Waals surface area (Å²) in [5, 5.41) is 3.30. The van der Waals surface area contributed by atoms with E-state index in [2.05, 4.69) is 17.1 Å². The van der Waals surface area contributed by atoms with E-state index in [-0.39, 0.29) is 5.75 Å². The van der Waals surface area contributed by atoms with E-state index in [4.69, 9.17) is 0 Å². The molecular formula is C13H28N2O2S. The zero-order valence-corrected chi connectivity index (χ0v) is 13.0. The molecule has 18 heavy (non-hydrogen) atoms. The molecule has 5 heteroatoms. The van der Waals surface area contributed by atoms with Crippen LogP contribution in [0.4, 0.5) is 0 Å². The van der Waals surface area contributed by atoms with Gasteiger partial charge in [0.05, 0.1) is 10.5 Å². The SMILES string of the molecule is CCN1CCCC1CNCCS(=O)(=O)C(C)(C)C. The Balaban J connectivity index is 2.27. The average molecular weight is 276 g/mol. The van der Waals surface area contributed by atoms with Crippen LogP contribution >= 0.6 is 0 Å². The third-order valence-electron chi connectivity index (χ3n) is 3.77. The van der Waals surface area contributed by atoms with E-state index in [1.165, 1.54) is 19.4 Å². The summed E-state index contributed by atoms with van der Waals surface area (Å²) < 4.78 is 23.2. The van der Waals surface area contributed by atoms with Crippen molar-refractivity contribution in [3.63, 3.8) is 0 Å². The maximum absolute atomic E-state index is 11.9. The summed E-state index contributed by atoms with van der Waals surface area (Å²) in [5.74, 6) is 0.231. The topological polar surface area (TPSA) is 49.4 Å². The van der Waals surface area contributed by atoms with Crippen LogP contribution in [-0.2, 0) is 9.84 Å². The predicted molar refractivity (Wildman–Crippen MR) is 76.7 cm³/mol. The molecule has 1 atom stereocenters. The molecule has 1 aliphatic rings. The molecule has 0 radical (unpaired) electrons. The molecular weight excluding hydrogens is 248 g/mol. The van der Waals surface area contributed by atoms with Gasteiger partial charge in [0.2, 0.25) is 0 Å². The van der Waals surface area contributed by atoms with Crippen LogP contribution in [0.3, 0.4) is 0 Å². The van der Waals surface area contributed by atoms with E-state index in [0.29, 0.717) is 12.6 Å². The number of likely N-dealkylation sites (N-methyl/N-ethyl adjacent to an activating group) is 1. The molecule has 0 aliphatic carbocycles. The highest BCUT2D eigenvalue weighted by Crippen LogP contribution is 2.16. The Kier molecular flexibility index (Phi) is 5.62. The van der Waals surface area contributed by atoms with Crippen molar-refractivity contribution in [1.29, 1.82) is 0 Å². The molecule has 1 unspecified atom stereocenters. The Morgan fingerprint density at radius 2 is 2.00 bits per heavy atom. The number of nitrogens with zero attached hydrogens (tertiary/aromatic N) is 1. The molecule has 108 valence electrons. The molecule has 1 N–H and O–H groups in total. The minimum absolute atomic E-state index is 0.231. The van der Waals surface area contributed by atoms with Gasteiger partial charge in [-0.15, -0.1) is 0 Å². The second-order valence-electron chi connectivity index (χ2n) is 6.06. The first-order valence-electron chi connectivity index (χ1n) is 6.95. The highest BCUT2D eigenvalue weighted by Gasteiger charge is 2.28. The van der Waals surface area contributed by atoms with Gasteiger partial charge < -0.3 is 5.32 Å². The van der Waals surface area contributed by atoms with Gasteiger partial charge in [0, 0.05) is 19.1 Å². The van der Waals surface area contributed by atoms with E-state index in [1.54, 1.807) is 20.8 Å². The van der Waals surface area contributed by atoms with E-state index in [1.807, 2.05) is 0 Å². The van der Waals surface area contributed by atoms with Crippen LogP contribution in [0.1, 0.15) is 40.5 Å². The van der Waals surface area contributed by atoms with Crippen LogP contribution < -0.4 is 5.32 Å². The van der Waals surface area contributed by atoms with Crippen LogP contribution in [0, 0.1) is 0 Å². The zero-order chi connectivity index (χ0) is 13.8. The lowest BCUT2D eigenvalue weighted by atomic mass is 10.2. The lowest BCUT2D eigenvalue weighted by Gasteiger charge is -2.23. The third-order valence-corrected chi connectivity index (χ3v) is 6.37. The summed E-state index contributed by atoms with van der Waals surface area (Å²) in [4.78, 5) is 2.46. The monoisotopic (exact) mass is 276 g/mol. The maximum atomic E-state index is 11.9. The van der Waals surface area contributed by atoms with Crippen LogP contribution in [-0.4, -0.2) is 56.0 Å². The number of hydrogen-bond acceptors (Lipinski definition) is 4. The first kappa shape index (κ1) is 15.9. The average Bonchev–Trinajstić information content (AvgIpc) is 2.70. The van der Waals surface area contributed by atoms with Crippen molar-refractivity contribution in [3.05, 3.63) is 0 Å². The molecule has 1 saturated heterocycles. The molecule has 1 rings (SSSR count). The normalized spacial score (nSPS) is 22.6. The number of nitrogens with one attached hydrogen (secondary N) is 1. The highest BCUT2D eigenvalue weighted by molar-refractivity contribution is 7.92. The van der Waals surface area contributed by atoms with E-state index in [9.17, 15) is 8.42 Å². The van der Waals surface area contributed by atoms with Gasteiger partial charge in [0.1, 0.15) is 0 Å². The maximum Gasteiger partial charge on any atom is 0.156 e. The lowest BCUT2D eigenvalue weighted by Crippen LogP contribution is -2.40. The van der Waals surface area contributed by atoms with Gasteiger partial charge in [0.15, 0.2) is 9.84 Å². The first-order valence-corrected chi connectivity index (χ1v) is 8.60. The van der Waals surface area contributed by atoms with Gasteiger partial charge in [-0.3, -0.25) is 4.90 Å². The molecule has 1 heterocycles. The standard InChI is InChI=1S/C13H28N2O2S/c1-5-15-9-6-7-12(15)11-14-8-10-18(16,17)13(2,3)4/h12,14H,5-11H2,1-4H3. The second-order valence-corrected chi connectivity index (χ2v) is 8.92. The van der Waals surface area contributed by atoms with Crippen LogP contribution in [0.5, 0.6) is 0 Å².